The summed E-state index contributed by atoms with van der Waals surface area (Å²) in [5, 5.41) is 17.4. The van der Waals surface area contributed by atoms with E-state index in [1.54, 1.807) is 0 Å². The van der Waals surface area contributed by atoms with Crippen LogP contribution in [0.1, 0.15) is 5.56 Å². The van der Waals surface area contributed by atoms with Crippen molar-refractivity contribution in [2.24, 2.45) is 0 Å². The third kappa shape index (κ3) is 9.08. The molecule has 5 nitrogen and oxygen atoms in total. The molecule has 1 heterocycles. The Kier molecular flexibility index (Phi) is 12.2. The average Bonchev–Trinajstić information content (AvgIpc) is 2.70. The van der Waals surface area contributed by atoms with Crippen LogP contribution in [0.15, 0.2) is 24.3 Å². The summed E-state index contributed by atoms with van der Waals surface area (Å²) in [5.74, 6) is 0. The predicted octanol–water partition coefficient (Wildman–Crippen LogP) is 1.64. The van der Waals surface area contributed by atoms with Crippen molar-refractivity contribution >= 4 is 36.4 Å². The van der Waals surface area contributed by atoms with Crippen molar-refractivity contribution in [2.45, 2.75) is 12.2 Å². The molecule has 134 valence electrons. The van der Waals surface area contributed by atoms with Crippen LogP contribution in [0.4, 0.5) is 0 Å². The molecule has 1 atom stereocenters. The van der Waals surface area contributed by atoms with Crippen molar-refractivity contribution in [1.29, 1.82) is 0 Å². The van der Waals surface area contributed by atoms with Crippen molar-refractivity contribution in [3.05, 3.63) is 34.9 Å². The molecular formula is C15H25Cl3N2O3. The number of nitrogens with one attached hydrogen (secondary N) is 2. The number of ether oxygens (including phenoxy) is 2. The molecule has 2 rings (SSSR count). The number of aliphatic hydroxyl groups is 1. The van der Waals surface area contributed by atoms with Crippen LogP contribution in [0.25, 0.3) is 0 Å². The molecule has 0 bridgehead atoms. The highest BCUT2D eigenvalue weighted by Gasteiger charge is 2.28. The van der Waals surface area contributed by atoms with Crippen molar-refractivity contribution in [1.82, 2.24) is 10.6 Å². The van der Waals surface area contributed by atoms with Gasteiger partial charge in [-0.25, -0.2) is 0 Å². The zero-order valence-corrected chi connectivity index (χ0v) is 15.3. The van der Waals surface area contributed by atoms with Gasteiger partial charge in [-0.1, -0.05) is 23.7 Å². The van der Waals surface area contributed by atoms with Gasteiger partial charge in [0.05, 0.1) is 26.4 Å². The second-order valence-corrected chi connectivity index (χ2v) is 5.75. The monoisotopic (exact) mass is 386 g/mol. The molecule has 1 aromatic carbocycles. The van der Waals surface area contributed by atoms with E-state index in [2.05, 4.69) is 10.6 Å². The standard InChI is InChI=1S/C15H23ClN2O3.2ClH/c16-14-3-1-13(2-4-14)9-20-7-5-17-10-15(19)11-18-6-8-21-12-15;;/h1-4,17-19H,5-12H2;2*1H. The van der Waals surface area contributed by atoms with Crippen LogP contribution in [0.3, 0.4) is 0 Å². The Labute approximate surface area is 154 Å². The molecule has 1 fully saturated rings. The summed E-state index contributed by atoms with van der Waals surface area (Å²) >= 11 is 5.82. The number of halogens is 3. The minimum Gasteiger partial charge on any atom is -0.385 e. The molecule has 0 aliphatic carbocycles. The Morgan fingerprint density at radius 1 is 1.30 bits per heavy atom. The molecule has 0 radical (unpaired) electrons. The first kappa shape index (κ1) is 22.9. The number of hydrogen-bond acceptors (Lipinski definition) is 5. The zero-order valence-electron chi connectivity index (χ0n) is 12.9. The van der Waals surface area contributed by atoms with Crippen LogP contribution in [-0.4, -0.2) is 56.7 Å². The van der Waals surface area contributed by atoms with Crippen molar-refractivity contribution in [3.8, 4) is 0 Å². The minimum absolute atomic E-state index is 0. The third-order valence-corrected chi connectivity index (χ3v) is 3.56. The topological polar surface area (TPSA) is 62.8 Å². The van der Waals surface area contributed by atoms with E-state index in [0.29, 0.717) is 46.1 Å². The first-order chi connectivity index (χ1) is 10.2. The number of benzene rings is 1. The lowest BCUT2D eigenvalue weighted by molar-refractivity contribution is -0.0271. The molecular weight excluding hydrogens is 363 g/mol. The van der Waals surface area contributed by atoms with Crippen LogP contribution >= 0.6 is 36.4 Å². The summed E-state index contributed by atoms with van der Waals surface area (Å²) in [6, 6.07) is 7.61. The van der Waals surface area contributed by atoms with Crippen molar-refractivity contribution in [3.63, 3.8) is 0 Å². The Balaban J connectivity index is 0.00000242. The summed E-state index contributed by atoms with van der Waals surface area (Å²) in [7, 11) is 0. The third-order valence-electron chi connectivity index (χ3n) is 3.31. The van der Waals surface area contributed by atoms with E-state index in [1.165, 1.54) is 0 Å². The van der Waals surface area contributed by atoms with Crippen LogP contribution in [0.2, 0.25) is 5.02 Å². The smallest absolute Gasteiger partial charge is 0.113 e. The Morgan fingerprint density at radius 3 is 2.78 bits per heavy atom. The van der Waals surface area contributed by atoms with Gasteiger partial charge in [-0.15, -0.1) is 24.8 Å². The van der Waals surface area contributed by atoms with Gasteiger partial charge < -0.3 is 25.2 Å². The van der Waals surface area contributed by atoms with Gasteiger partial charge in [-0.2, -0.15) is 0 Å². The number of hydrogen-bond donors (Lipinski definition) is 3. The summed E-state index contributed by atoms with van der Waals surface area (Å²) in [6.45, 7) is 4.67. The molecule has 1 aliphatic rings. The van der Waals surface area contributed by atoms with E-state index in [1.807, 2.05) is 24.3 Å². The summed E-state index contributed by atoms with van der Waals surface area (Å²) in [4.78, 5) is 0. The maximum absolute atomic E-state index is 10.3. The molecule has 3 N–H and O–H groups in total. The second-order valence-electron chi connectivity index (χ2n) is 5.31. The molecule has 8 heteroatoms. The predicted molar refractivity (Wildman–Crippen MR) is 97.1 cm³/mol. The first-order valence-corrected chi connectivity index (χ1v) is 7.60. The lowest BCUT2D eigenvalue weighted by Crippen LogP contribution is -2.50. The molecule has 0 saturated carbocycles. The molecule has 0 amide bonds. The molecule has 1 saturated heterocycles. The van der Waals surface area contributed by atoms with Gasteiger partial charge in [0.2, 0.25) is 0 Å². The van der Waals surface area contributed by atoms with E-state index in [4.69, 9.17) is 21.1 Å². The molecule has 0 aromatic heterocycles. The van der Waals surface area contributed by atoms with E-state index < -0.39 is 5.60 Å². The van der Waals surface area contributed by atoms with Gasteiger partial charge in [0.25, 0.3) is 0 Å². The highest BCUT2D eigenvalue weighted by Crippen LogP contribution is 2.10. The number of β-amino-alcohol motifs (C(OH)–C–C–N with tert-alkyl or cyclic N) is 1. The second kappa shape index (κ2) is 12.3. The van der Waals surface area contributed by atoms with E-state index in [0.717, 1.165) is 17.1 Å². The van der Waals surface area contributed by atoms with Gasteiger partial charge >= 0.3 is 0 Å². The van der Waals surface area contributed by atoms with E-state index in [-0.39, 0.29) is 24.8 Å². The Bertz CT molecular complexity index is 413. The van der Waals surface area contributed by atoms with Crippen LogP contribution < -0.4 is 10.6 Å². The molecule has 23 heavy (non-hydrogen) atoms. The van der Waals surface area contributed by atoms with Gasteiger partial charge in [0.15, 0.2) is 0 Å². The zero-order chi connectivity index (χ0) is 15.0. The minimum atomic E-state index is -0.841. The first-order valence-electron chi connectivity index (χ1n) is 7.22. The van der Waals surface area contributed by atoms with Crippen LogP contribution in [0, 0.1) is 0 Å². The van der Waals surface area contributed by atoms with Gasteiger partial charge in [-0.3, -0.25) is 0 Å². The maximum atomic E-state index is 10.3. The van der Waals surface area contributed by atoms with Crippen molar-refractivity contribution < 1.29 is 14.6 Å². The maximum Gasteiger partial charge on any atom is 0.113 e. The summed E-state index contributed by atoms with van der Waals surface area (Å²) < 4.78 is 10.9. The fourth-order valence-corrected chi connectivity index (χ4v) is 2.25. The number of rotatable bonds is 7. The summed E-state index contributed by atoms with van der Waals surface area (Å²) in [5.41, 5.74) is 0.256. The van der Waals surface area contributed by atoms with Crippen LogP contribution in [-0.2, 0) is 16.1 Å². The largest absolute Gasteiger partial charge is 0.385 e. The molecule has 1 unspecified atom stereocenters. The van der Waals surface area contributed by atoms with Crippen molar-refractivity contribution in [2.75, 3.05) is 46.0 Å². The highest BCUT2D eigenvalue weighted by atomic mass is 35.5. The molecule has 0 spiro atoms. The lowest BCUT2D eigenvalue weighted by atomic mass is 10.1. The SMILES string of the molecule is Cl.Cl.OC1(CNCCOCc2ccc(Cl)cc2)CNCCOC1. The Hall–Kier alpha value is -0.110. The molecule has 1 aliphatic heterocycles. The molecule has 1 aromatic rings. The highest BCUT2D eigenvalue weighted by molar-refractivity contribution is 6.30. The van der Waals surface area contributed by atoms with Gasteiger partial charge in [-0.05, 0) is 17.7 Å². The average molecular weight is 388 g/mol. The van der Waals surface area contributed by atoms with Gasteiger partial charge in [0, 0.05) is 31.2 Å². The normalized spacial score (nSPS) is 21.0. The summed E-state index contributed by atoms with van der Waals surface area (Å²) in [6.07, 6.45) is 0. The van der Waals surface area contributed by atoms with Gasteiger partial charge in [0.1, 0.15) is 5.60 Å². The quantitative estimate of drug-likeness (QED) is 0.621. The van der Waals surface area contributed by atoms with E-state index in [9.17, 15) is 5.11 Å². The lowest BCUT2D eigenvalue weighted by Gasteiger charge is -2.26. The fourth-order valence-electron chi connectivity index (χ4n) is 2.13. The van der Waals surface area contributed by atoms with E-state index >= 15 is 0 Å². The fraction of sp³-hybridized carbons (Fsp3) is 0.600. The Morgan fingerprint density at radius 2 is 2.04 bits per heavy atom. The van der Waals surface area contributed by atoms with Crippen LogP contribution in [0.5, 0.6) is 0 Å².